The lowest BCUT2D eigenvalue weighted by Gasteiger charge is -2.37. The molecule has 1 aromatic rings. The summed E-state index contributed by atoms with van der Waals surface area (Å²) in [4.78, 5) is 29.2. The van der Waals surface area contributed by atoms with E-state index in [0.717, 1.165) is 45.1 Å². The minimum Gasteiger partial charge on any atom is -0.375 e. The van der Waals surface area contributed by atoms with Gasteiger partial charge < -0.3 is 14.5 Å². The molecule has 0 aliphatic carbocycles. The molecule has 0 saturated carbocycles. The first-order valence-electron chi connectivity index (χ1n) is 9.73. The molecule has 0 unspecified atom stereocenters. The topological polar surface area (TPSA) is 49.9 Å². The molecule has 5 heteroatoms. The van der Waals surface area contributed by atoms with Crippen LogP contribution in [0.5, 0.6) is 0 Å². The monoisotopic (exact) mass is 358 g/mol. The number of hydrogen-bond donors (Lipinski definition) is 0. The molecule has 26 heavy (non-hydrogen) atoms. The van der Waals surface area contributed by atoms with E-state index in [1.54, 1.807) is 14.0 Å². The van der Waals surface area contributed by atoms with Crippen LogP contribution in [-0.2, 0) is 20.7 Å². The fraction of sp³-hybridized carbons (Fsp3) is 0.619. The average Bonchev–Trinajstić information content (AvgIpc) is 2.93. The van der Waals surface area contributed by atoms with Crippen molar-refractivity contribution in [1.29, 1.82) is 0 Å². The molecule has 0 N–H and O–H groups in total. The molecule has 0 bridgehead atoms. The molecule has 1 aromatic carbocycles. The van der Waals surface area contributed by atoms with Crippen LogP contribution in [0.15, 0.2) is 30.3 Å². The summed E-state index contributed by atoms with van der Waals surface area (Å²) < 4.78 is 5.15. The Balaban J connectivity index is 1.89. The van der Waals surface area contributed by atoms with Crippen molar-refractivity contribution in [3.63, 3.8) is 0 Å². The van der Waals surface area contributed by atoms with Crippen molar-refractivity contribution in [2.24, 2.45) is 0 Å². The Morgan fingerprint density at radius 1 is 1.12 bits per heavy atom. The summed E-state index contributed by atoms with van der Waals surface area (Å²) in [6, 6.07) is 10.7. The van der Waals surface area contributed by atoms with Crippen molar-refractivity contribution in [2.45, 2.75) is 63.6 Å². The molecule has 2 fully saturated rings. The fourth-order valence-corrected chi connectivity index (χ4v) is 4.70. The van der Waals surface area contributed by atoms with E-state index < -0.39 is 0 Å². The van der Waals surface area contributed by atoms with Crippen LogP contribution in [0.25, 0.3) is 0 Å². The number of benzene rings is 1. The number of likely N-dealkylation sites (tertiary alicyclic amines) is 2. The predicted molar refractivity (Wildman–Crippen MR) is 101 cm³/mol. The molecule has 0 spiro atoms. The van der Waals surface area contributed by atoms with Gasteiger partial charge >= 0.3 is 0 Å². The Bertz CT molecular complexity index is 619. The third-order valence-electron chi connectivity index (χ3n) is 5.78. The Morgan fingerprint density at radius 2 is 1.88 bits per heavy atom. The van der Waals surface area contributed by atoms with Crippen LogP contribution < -0.4 is 0 Å². The van der Waals surface area contributed by atoms with Crippen LogP contribution in [0.1, 0.15) is 44.6 Å². The molecule has 0 radical (unpaired) electrons. The third-order valence-corrected chi connectivity index (χ3v) is 5.78. The second-order valence-corrected chi connectivity index (χ2v) is 7.51. The zero-order valence-corrected chi connectivity index (χ0v) is 15.9. The number of amides is 2. The standard InChI is InChI=1S/C21H30N2O3/c1-16(24)22-12-8-4-7-11-19-20(22)14-18(23(19)21(25)15-26-2)13-17-9-5-3-6-10-17/h3,5-6,9-10,18-20H,4,7-8,11-15H2,1-2H3/t18-,19-,20+/m1/s1. The van der Waals surface area contributed by atoms with Gasteiger partial charge in [-0.05, 0) is 31.2 Å². The first-order valence-corrected chi connectivity index (χ1v) is 9.73. The Hall–Kier alpha value is -1.88. The van der Waals surface area contributed by atoms with Gasteiger partial charge in [0.1, 0.15) is 6.61 Å². The quantitative estimate of drug-likeness (QED) is 0.831. The number of nitrogens with zero attached hydrogens (tertiary/aromatic N) is 2. The number of fused-ring (bicyclic) bond motifs is 1. The summed E-state index contributed by atoms with van der Waals surface area (Å²) in [6.07, 6.45) is 5.93. The normalized spacial score (nSPS) is 26.2. The van der Waals surface area contributed by atoms with Gasteiger partial charge in [-0.1, -0.05) is 43.2 Å². The SMILES string of the molecule is COCC(=O)N1[C@H](Cc2ccccc2)C[C@H]2[C@H]1CCCCCN2C(C)=O. The van der Waals surface area contributed by atoms with Gasteiger partial charge in [-0.2, -0.15) is 0 Å². The molecule has 142 valence electrons. The number of ether oxygens (including phenoxy) is 1. The maximum atomic E-state index is 12.9. The van der Waals surface area contributed by atoms with Gasteiger partial charge in [0.05, 0.1) is 12.1 Å². The maximum absolute atomic E-state index is 12.9. The lowest BCUT2D eigenvalue weighted by Crippen LogP contribution is -2.51. The van der Waals surface area contributed by atoms with Crippen molar-refractivity contribution in [3.8, 4) is 0 Å². The lowest BCUT2D eigenvalue weighted by atomic mass is 9.96. The van der Waals surface area contributed by atoms with E-state index in [1.807, 2.05) is 28.0 Å². The van der Waals surface area contributed by atoms with Gasteiger partial charge in [0.2, 0.25) is 11.8 Å². The third kappa shape index (κ3) is 4.09. The first kappa shape index (κ1) is 18.9. The summed E-state index contributed by atoms with van der Waals surface area (Å²) in [7, 11) is 1.57. The highest BCUT2D eigenvalue weighted by molar-refractivity contribution is 5.79. The minimum absolute atomic E-state index is 0.0463. The summed E-state index contributed by atoms with van der Waals surface area (Å²) in [6.45, 7) is 2.57. The van der Waals surface area contributed by atoms with E-state index in [4.69, 9.17) is 4.74 Å². The Morgan fingerprint density at radius 3 is 2.58 bits per heavy atom. The number of methoxy groups -OCH3 is 1. The molecule has 2 aliphatic rings. The lowest BCUT2D eigenvalue weighted by molar-refractivity contribution is -0.140. The molecule has 2 amide bonds. The van der Waals surface area contributed by atoms with Gasteiger partial charge in [-0.25, -0.2) is 0 Å². The van der Waals surface area contributed by atoms with Gasteiger partial charge in [0.25, 0.3) is 0 Å². The summed E-state index contributed by atoms with van der Waals surface area (Å²) in [5, 5.41) is 0. The Kier molecular flexibility index (Phi) is 6.30. The van der Waals surface area contributed by atoms with Crippen LogP contribution >= 0.6 is 0 Å². The average molecular weight is 358 g/mol. The highest BCUT2D eigenvalue weighted by Crippen LogP contribution is 2.35. The summed E-state index contributed by atoms with van der Waals surface area (Å²) in [5.74, 6) is 0.173. The Labute approximate surface area is 156 Å². The van der Waals surface area contributed by atoms with E-state index in [0.29, 0.717) is 0 Å². The van der Waals surface area contributed by atoms with E-state index >= 15 is 0 Å². The number of hydrogen-bond acceptors (Lipinski definition) is 3. The zero-order chi connectivity index (χ0) is 18.5. The molecule has 3 atom stereocenters. The van der Waals surface area contributed by atoms with Crippen LogP contribution in [0.4, 0.5) is 0 Å². The number of carbonyl (C=O) groups is 2. The van der Waals surface area contributed by atoms with Crippen LogP contribution in [0.2, 0.25) is 0 Å². The molecule has 5 nitrogen and oxygen atoms in total. The van der Waals surface area contributed by atoms with E-state index in [2.05, 4.69) is 12.1 Å². The second-order valence-electron chi connectivity index (χ2n) is 7.51. The van der Waals surface area contributed by atoms with Crippen molar-refractivity contribution in [1.82, 2.24) is 9.80 Å². The first-order chi connectivity index (χ1) is 12.6. The highest BCUT2D eigenvalue weighted by Gasteiger charge is 2.46. The highest BCUT2D eigenvalue weighted by atomic mass is 16.5. The summed E-state index contributed by atoms with van der Waals surface area (Å²) in [5.41, 5.74) is 1.23. The number of rotatable bonds is 4. The zero-order valence-electron chi connectivity index (χ0n) is 15.9. The molecule has 0 aromatic heterocycles. The summed E-state index contributed by atoms with van der Waals surface area (Å²) >= 11 is 0. The largest absolute Gasteiger partial charge is 0.375 e. The van der Waals surface area contributed by atoms with Crippen molar-refractivity contribution < 1.29 is 14.3 Å². The van der Waals surface area contributed by atoms with Gasteiger partial charge in [-0.15, -0.1) is 0 Å². The van der Waals surface area contributed by atoms with Gasteiger partial charge in [0.15, 0.2) is 0 Å². The molecule has 2 aliphatic heterocycles. The van der Waals surface area contributed by atoms with Crippen molar-refractivity contribution in [2.75, 3.05) is 20.3 Å². The van der Waals surface area contributed by atoms with Crippen LogP contribution in [0.3, 0.4) is 0 Å². The van der Waals surface area contributed by atoms with E-state index in [9.17, 15) is 9.59 Å². The predicted octanol–water partition coefficient (Wildman–Crippen LogP) is 2.64. The number of carbonyl (C=O) groups excluding carboxylic acids is 2. The van der Waals surface area contributed by atoms with E-state index in [1.165, 1.54) is 5.56 Å². The fourth-order valence-electron chi connectivity index (χ4n) is 4.70. The van der Waals surface area contributed by atoms with Gasteiger partial charge in [-0.3, -0.25) is 9.59 Å². The van der Waals surface area contributed by atoms with Gasteiger partial charge in [0, 0.05) is 26.6 Å². The smallest absolute Gasteiger partial charge is 0.249 e. The second kappa shape index (κ2) is 8.67. The van der Waals surface area contributed by atoms with E-state index in [-0.39, 0.29) is 36.5 Å². The van der Waals surface area contributed by atoms with Crippen molar-refractivity contribution >= 4 is 11.8 Å². The maximum Gasteiger partial charge on any atom is 0.249 e. The van der Waals surface area contributed by atoms with Crippen LogP contribution in [-0.4, -0.2) is 60.0 Å². The van der Waals surface area contributed by atoms with Crippen molar-refractivity contribution in [3.05, 3.63) is 35.9 Å². The molecule has 2 saturated heterocycles. The molecular weight excluding hydrogens is 328 g/mol. The van der Waals surface area contributed by atoms with Crippen LogP contribution in [0, 0.1) is 0 Å². The molecule has 2 heterocycles. The molecule has 3 rings (SSSR count). The molecular formula is C21H30N2O3. The minimum atomic E-state index is 0.0463.